The van der Waals surface area contributed by atoms with Gasteiger partial charge in [0, 0.05) is 45.3 Å². The first-order chi connectivity index (χ1) is 5.54. The first kappa shape index (κ1) is 19.9. The van der Waals surface area contributed by atoms with Crippen LogP contribution in [0.3, 0.4) is 0 Å². The van der Waals surface area contributed by atoms with E-state index < -0.39 is 0 Å². The van der Waals surface area contributed by atoms with Crippen molar-refractivity contribution in [3.05, 3.63) is 0 Å². The largest absolute Gasteiger partial charge is 0.0713 e. The summed E-state index contributed by atoms with van der Waals surface area (Å²) in [6.45, 7) is 13.9. The van der Waals surface area contributed by atoms with Crippen molar-refractivity contribution in [2.24, 2.45) is 0 Å². The molecule has 0 nitrogen and oxygen atoms in total. The summed E-state index contributed by atoms with van der Waals surface area (Å²) < 4.78 is 0. The van der Waals surface area contributed by atoms with E-state index in [1.165, 1.54) is 24.9 Å². The molecule has 0 atom stereocenters. The predicted molar refractivity (Wildman–Crippen MR) is 65.2 cm³/mol. The predicted octanol–water partition coefficient (Wildman–Crippen LogP) is 4.30. The zero-order valence-electron chi connectivity index (χ0n) is 10.5. The average Bonchev–Trinajstić information content (AvgIpc) is 1.87. The van der Waals surface area contributed by atoms with Gasteiger partial charge in [-0.05, 0) is 0 Å². The van der Waals surface area contributed by atoms with Crippen molar-refractivity contribution in [2.75, 3.05) is 0 Å². The van der Waals surface area contributed by atoms with Crippen LogP contribution in [0.1, 0.15) is 26.7 Å². The van der Waals surface area contributed by atoms with Gasteiger partial charge in [-0.2, -0.15) is 0 Å². The van der Waals surface area contributed by atoms with Crippen LogP contribution in [0, 0.1) is 0 Å². The summed E-state index contributed by atoms with van der Waals surface area (Å²) in [6, 6.07) is 2.95. The second-order valence-corrected chi connectivity index (χ2v) is 9.74. The molecule has 0 spiro atoms. The first-order valence-corrected chi connectivity index (χ1v) is 10.5. The molecule has 0 N–H and O–H groups in total. The molecular weight excluding hydrogens is 377 g/mol. The first-order valence-electron chi connectivity index (χ1n) is 5.12. The Kier molecular flexibility index (Phi) is 24.2. The van der Waals surface area contributed by atoms with Gasteiger partial charge < -0.3 is 0 Å². The summed E-state index contributed by atoms with van der Waals surface area (Å²) >= 11 is 0. The summed E-state index contributed by atoms with van der Waals surface area (Å²) in [6.07, 6.45) is 2.75. The topological polar surface area (TPSA) is 0 Å². The minimum Gasteiger partial charge on any atom is -0.0713 e. The van der Waals surface area contributed by atoms with E-state index in [1.54, 1.807) is 0 Å². The molecule has 0 bridgehead atoms. The fraction of sp³-hybridized carbons (Fsp3) is 1.00. The van der Waals surface area contributed by atoms with Gasteiger partial charge in [-0.25, -0.2) is 0 Å². The van der Waals surface area contributed by atoms with E-state index in [1.807, 2.05) is 0 Å². The van der Waals surface area contributed by atoms with E-state index in [4.69, 9.17) is 0 Å². The maximum atomic E-state index is 2.36. The van der Waals surface area contributed by atoms with Crippen molar-refractivity contribution in [1.82, 2.24) is 0 Å². The summed E-state index contributed by atoms with van der Waals surface area (Å²) in [5, 5.41) is 0. The Morgan fingerprint density at radius 2 is 0.923 bits per heavy atom. The Labute approximate surface area is 110 Å². The van der Waals surface area contributed by atoms with Crippen molar-refractivity contribution in [2.45, 2.75) is 65.0 Å². The molecule has 0 unspecified atom stereocenters. The molecule has 2 radical (unpaired) electrons. The van der Waals surface area contributed by atoms with Crippen LogP contribution in [0.5, 0.6) is 0 Å². The summed E-state index contributed by atoms with van der Waals surface area (Å²) in [5.41, 5.74) is 0. The fourth-order valence-electron chi connectivity index (χ4n) is 1.000. The summed E-state index contributed by atoms with van der Waals surface area (Å²) in [5.74, 6) is 0. The molecule has 0 saturated carbocycles. The van der Waals surface area contributed by atoms with Crippen molar-refractivity contribution in [3.8, 4) is 0 Å². The zero-order valence-corrected chi connectivity index (χ0v) is 18.0. The van der Waals surface area contributed by atoms with E-state index in [0.717, 1.165) is 0 Å². The van der Waals surface area contributed by atoms with E-state index >= 15 is 0 Å². The Morgan fingerprint density at radius 1 is 0.692 bits per heavy atom. The zero-order chi connectivity index (χ0) is 9.98. The normalized spacial score (nSPS) is 9.23. The fourth-order valence-corrected chi connectivity index (χ4v) is 3.00. The minimum absolute atomic E-state index is 0. The maximum Gasteiger partial charge on any atom is 0.0412 e. The molecule has 0 aliphatic heterocycles. The second kappa shape index (κ2) is 15.8. The number of hydrogen-bond donors (Lipinski definition) is 0. The molecule has 0 fully saturated rings. The third-order valence-corrected chi connectivity index (χ3v) is 4.50. The molecule has 0 rings (SSSR count). The number of hydrogen-bond acceptors (Lipinski definition) is 0. The van der Waals surface area contributed by atoms with Crippen LogP contribution in [0.25, 0.3) is 0 Å². The molecule has 0 aromatic rings. The number of rotatable bonds is 4. The molecule has 3 heteroatoms. The average molecular weight is 403 g/mol. The molecular formula is C10H26HgSi2. The third kappa shape index (κ3) is 31.8. The van der Waals surface area contributed by atoms with Gasteiger partial charge in [0.05, 0.1) is 0 Å². The SMILES string of the molecule is CCC[Si](C)C.CCC[Si](C)C.[Hg]. The van der Waals surface area contributed by atoms with Gasteiger partial charge in [0.2, 0.25) is 0 Å². The summed E-state index contributed by atoms with van der Waals surface area (Å²) in [4.78, 5) is 0. The quantitative estimate of drug-likeness (QED) is 0.615. The van der Waals surface area contributed by atoms with Crippen LogP contribution >= 0.6 is 0 Å². The third-order valence-electron chi connectivity index (χ3n) is 1.50. The van der Waals surface area contributed by atoms with Crippen LogP contribution in [0.15, 0.2) is 0 Å². The second-order valence-electron chi connectivity index (χ2n) is 3.91. The van der Waals surface area contributed by atoms with Gasteiger partial charge in [-0.15, -0.1) is 0 Å². The standard InChI is InChI=1S/2C5H13Si.Hg/c2*1-4-5-6(2)3;/h2*4-5H2,1-3H3;. The smallest absolute Gasteiger partial charge is 0.0412 e. The van der Waals surface area contributed by atoms with Gasteiger partial charge in [-0.3, -0.25) is 0 Å². The van der Waals surface area contributed by atoms with E-state index in [0.29, 0.717) is 0 Å². The molecule has 0 aromatic carbocycles. The molecule has 76 valence electrons. The van der Waals surface area contributed by atoms with Crippen LogP contribution in [0.2, 0.25) is 38.3 Å². The monoisotopic (exact) mass is 404 g/mol. The van der Waals surface area contributed by atoms with Crippen LogP contribution in [-0.4, -0.2) is 17.6 Å². The minimum atomic E-state index is 0. The molecule has 0 amide bonds. The molecule has 13 heavy (non-hydrogen) atoms. The van der Waals surface area contributed by atoms with Crippen LogP contribution in [-0.2, 0) is 27.7 Å². The van der Waals surface area contributed by atoms with E-state index in [-0.39, 0.29) is 45.3 Å². The maximum absolute atomic E-state index is 2.36. The van der Waals surface area contributed by atoms with Crippen molar-refractivity contribution in [3.63, 3.8) is 0 Å². The van der Waals surface area contributed by atoms with Gasteiger partial charge in [-0.1, -0.05) is 65.0 Å². The van der Waals surface area contributed by atoms with Crippen molar-refractivity contribution >= 4 is 17.6 Å². The Balaban J connectivity index is -0.000000143. The van der Waals surface area contributed by atoms with E-state index in [9.17, 15) is 0 Å². The molecule has 0 saturated heterocycles. The van der Waals surface area contributed by atoms with Gasteiger partial charge >= 0.3 is 0 Å². The van der Waals surface area contributed by atoms with Crippen LogP contribution < -0.4 is 0 Å². The van der Waals surface area contributed by atoms with Gasteiger partial charge in [0.15, 0.2) is 0 Å². The Morgan fingerprint density at radius 3 is 0.923 bits per heavy atom. The Hall–Kier alpha value is 1.37. The Bertz CT molecular complexity index is 65.3. The van der Waals surface area contributed by atoms with Crippen molar-refractivity contribution in [1.29, 1.82) is 0 Å². The van der Waals surface area contributed by atoms with Gasteiger partial charge in [0.25, 0.3) is 0 Å². The van der Waals surface area contributed by atoms with Gasteiger partial charge in [0.1, 0.15) is 0 Å². The van der Waals surface area contributed by atoms with Crippen molar-refractivity contribution < 1.29 is 27.7 Å². The summed E-state index contributed by atoms with van der Waals surface area (Å²) in [7, 11) is 0.229. The molecule has 0 heterocycles. The molecule has 0 aliphatic rings. The van der Waals surface area contributed by atoms with Crippen LogP contribution in [0.4, 0.5) is 0 Å². The van der Waals surface area contributed by atoms with E-state index in [2.05, 4.69) is 40.0 Å². The molecule has 0 aliphatic carbocycles. The molecule has 0 aromatic heterocycles.